The highest BCUT2D eigenvalue weighted by Gasteiger charge is 1.95. The summed E-state index contributed by atoms with van der Waals surface area (Å²) in [7, 11) is 0. The van der Waals surface area contributed by atoms with Gasteiger partial charge in [-0.15, -0.1) is 0 Å². The SMILES string of the molecule is CCNCCC1=CCCC=C1.[HH]. The Labute approximate surface area is 70.7 Å². The zero-order valence-corrected chi connectivity index (χ0v) is 7.27. The van der Waals surface area contributed by atoms with E-state index < -0.39 is 0 Å². The molecule has 0 amide bonds. The molecule has 0 aromatic heterocycles. The van der Waals surface area contributed by atoms with E-state index in [9.17, 15) is 0 Å². The Hall–Kier alpha value is -0.560. The lowest BCUT2D eigenvalue weighted by atomic mass is 10.0. The fourth-order valence-electron chi connectivity index (χ4n) is 1.26. The molecule has 0 radical (unpaired) electrons. The summed E-state index contributed by atoms with van der Waals surface area (Å²) in [4.78, 5) is 0. The minimum atomic E-state index is 0. The number of allylic oxidation sites excluding steroid dienone is 3. The van der Waals surface area contributed by atoms with Crippen LogP contribution in [0.4, 0.5) is 0 Å². The summed E-state index contributed by atoms with van der Waals surface area (Å²) in [5.74, 6) is 0. The summed E-state index contributed by atoms with van der Waals surface area (Å²) in [6.07, 6.45) is 10.5. The quantitative estimate of drug-likeness (QED) is 0.612. The van der Waals surface area contributed by atoms with Gasteiger partial charge in [0.25, 0.3) is 0 Å². The minimum absolute atomic E-state index is 0. The fraction of sp³-hybridized carbons (Fsp3) is 0.600. The van der Waals surface area contributed by atoms with Gasteiger partial charge in [-0.25, -0.2) is 0 Å². The van der Waals surface area contributed by atoms with Crippen molar-refractivity contribution in [1.29, 1.82) is 0 Å². The molecule has 11 heavy (non-hydrogen) atoms. The lowest BCUT2D eigenvalue weighted by Gasteiger charge is -2.06. The van der Waals surface area contributed by atoms with Gasteiger partial charge in [0.05, 0.1) is 0 Å². The normalized spacial score (nSPS) is 16.6. The molecule has 1 heteroatoms. The van der Waals surface area contributed by atoms with Crippen molar-refractivity contribution in [2.75, 3.05) is 13.1 Å². The Morgan fingerprint density at radius 2 is 2.45 bits per heavy atom. The average Bonchev–Trinajstić information content (AvgIpc) is 2.07. The minimum Gasteiger partial charge on any atom is -0.317 e. The number of rotatable bonds is 4. The van der Waals surface area contributed by atoms with Gasteiger partial charge in [-0.1, -0.05) is 30.7 Å². The summed E-state index contributed by atoms with van der Waals surface area (Å²) in [5.41, 5.74) is 1.50. The highest BCUT2D eigenvalue weighted by molar-refractivity contribution is 5.21. The third-order valence-corrected chi connectivity index (χ3v) is 1.91. The van der Waals surface area contributed by atoms with Gasteiger partial charge in [0.15, 0.2) is 0 Å². The van der Waals surface area contributed by atoms with Crippen LogP contribution in [0.2, 0.25) is 0 Å². The van der Waals surface area contributed by atoms with Gasteiger partial charge < -0.3 is 5.32 Å². The topological polar surface area (TPSA) is 12.0 Å². The van der Waals surface area contributed by atoms with E-state index in [2.05, 4.69) is 30.5 Å². The zero-order valence-electron chi connectivity index (χ0n) is 7.27. The van der Waals surface area contributed by atoms with E-state index in [-0.39, 0.29) is 1.43 Å². The van der Waals surface area contributed by atoms with E-state index in [1.54, 1.807) is 0 Å². The van der Waals surface area contributed by atoms with Gasteiger partial charge in [0, 0.05) is 1.43 Å². The molecule has 1 nitrogen and oxygen atoms in total. The van der Waals surface area contributed by atoms with Gasteiger partial charge in [-0.05, 0) is 32.4 Å². The largest absolute Gasteiger partial charge is 0.317 e. The van der Waals surface area contributed by atoms with Gasteiger partial charge >= 0.3 is 0 Å². The maximum Gasteiger partial charge on any atom is 0 e. The van der Waals surface area contributed by atoms with Crippen LogP contribution in [-0.2, 0) is 0 Å². The maximum atomic E-state index is 3.32. The second kappa shape index (κ2) is 5.14. The molecule has 0 aromatic rings. The Bertz CT molecular complexity index is 161. The van der Waals surface area contributed by atoms with E-state index in [0.717, 1.165) is 13.1 Å². The molecule has 0 aliphatic heterocycles. The van der Waals surface area contributed by atoms with E-state index in [0.29, 0.717) is 0 Å². The fourth-order valence-corrected chi connectivity index (χ4v) is 1.26. The summed E-state index contributed by atoms with van der Waals surface area (Å²) >= 11 is 0. The Morgan fingerprint density at radius 1 is 1.55 bits per heavy atom. The summed E-state index contributed by atoms with van der Waals surface area (Å²) in [6.45, 7) is 4.34. The van der Waals surface area contributed by atoms with Crippen molar-refractivity contribution in [3.05, 3.63) is 23.8 Å². The van der Waals surface area contributed by atoms with Crippen LogP contribution < -0.4 is 5.32 Å². The van der Waals surface area contributed by atoms with Crippen molar-refractivity contribution in [3.8, 4) is 0 Å². The number of nitrogens with one attached hydrogen (secondary N) is 1. The molecular formula is C10H19N. The third-order valence-electron chi connectivity index (χ3n) is 1.91. The first-order chi connectivity index (χ1) is 5.43. The molecule has 1 aliphatic rings. The summed E-state index contributed by atoms with van der Waals surface area (Å²) in [6, 6.07) is 0. The summed E-state index contributed by atoms with van der Waals surface area (Å²) in [5, 5.41) is 3.32. The Kier molecular flexibility index (Phi) is 3.99. The number of hydrogen-bond donors (Lipinski definition) is 1. The first-order valence-corrected chi connectivity index (χ1v) is 4.49. The van der Waals surface area contributed by atoms with Crippen molar-refractivity contribution < 1.29 is 1.43 Å². The van der Waals surface area contributed by atoms with Crippen LogP contribution >= 0.6 is 0 Å². The lowest BCUT2D eigenvalue weighted by Crippen LogP contribution is -2.14. The Balaban J connectivity index is 0.00000121. The predicted octanol–water partition coefficient (Wildman–Crippen LogP) is 2.51. The van der Waals surface area contributed by atoms with E-state index >= 15 is 0 Å². The van der Waals surface area contributed by atoms with E-state index in [1.807, 2.05) is 0 Å². The van der Waals surface area contributed by atoms with Crippen LogP contribution in [-0.4, -0.2) is 13.1 Å². The third kappa shape index (κ3) is 3.38. The molecular weight excluding hydrogens is 134 g/mol. The molecule has 0 saturated carbocycles. The molecule has 0 atom stereocenters. The van der Waals surface area contributed by atoms with Crippen molar-refractivity contribution in [2.24, 2.45) is 0 Å². The van der Waals surface area contributed by atoms with Crippen molar-refractivity contribution in [3.63, 3.8) is 0 Å². The highest BCUT2D eigenvalue weighted by Crippen LogP contribution is 2.11. The number of hydrogen-bond acceptors (Lipinski definition) is 1. The molecule has 0 heterocycles. The van der Waals surface area contributed by atoms with Crippen LogP contribution in [0, 0.1) is 0 Å². The lowest BCUT2D eigenvalue weighted by molar-refractivity contribution is 0.715. The maximum absolute atomic E-state index is 3.32. The van der Waals surface area contributed by atoms with Crippen LogP contribution in [0.3, 0.4) is 0 Å². The van der Waals surface area contributed by atoms with Gasteiger partial charge in [0.2, 0.25) is 0 Å². The predicted molar refractivity (Wildman–Crippen MR) is 51.7 cm³/mol. The smallest absolute Gasteiger partial charge is 0 e. The second-order valence-electron chi connectivity index (χ2n) is 2.86. The molecule has 1 rings (SSSR count). The van der Waals surface area contributed by atoms with Crippen molar-refractivity contribution in [1.82, 2.24) is 5.32 Å². The zero-order chi connectivity index (χ0) is 7.94. The molecule has 1 aliphatic carbocycles. The van der Waals surface area contributed by atoms with Gasteiger partial charge in [0.1, 0.15) is 0 Å². The molecule has 0 unspecified atom stereocenters. The standard InChI is InChI=1S/C10H17N.H2/c1-2-11-9-8-10-6-4-3-5-7-10;/h4,6-7,11H,2-3,5,8-9H2,1H3;1H. The molecule has 0 aromatic carbocycles. The first-order valence-electron chi connectivity index (χ1n) is 4.49. The first kappa shape index (κ1) is 8.54. The second-order valence-corrected chi connectivity index (χ2v) is 2.86. The molecule has 64 valence electrons. The monoisotopic (exact) mass is 153 g/mol. The van der Waals surface area contributed by atoms with Crippen molar-refractivity contribution in [2.45, 2.75) is 26.2 Å². The highest BCUT2D eigenvalue weighted by atomic mass is 14.8. The van der Waals surface area contributed by atoms with Gasteiger partial charge in [-0.2, -0.15) is 0 Å². The molecule has 0 saturated heterocycles. The molecule has 0 bridgehead atoms. The Morgan fingerprint density at radius 3 is 3.09 bits per heavy atom. The van der Waals surface area contributed by atoms with Crippen LogP contribution in [0.15, 0.2) is 23.8 Å². The molecule has 0 fully saturated rings. The van der Waals surface area contributed by atoms with E-state index in [1.165, 1.54) is 24.8 Å². The molecule has 0 spiro atoms. The van der Waals surface area contributed by atoms with Gasteiger partial charge in [-0.3, -0.25) is 0 Å². The van der Waals surface area contributed by atoms with Crippen LogP contribution in [0.25, 0.3) is 0 Å². The summed E-state index contributed by atoms with van der Waals surface area (Å²) < 4.78 is 0. The average molecular weight is 153 g/mol. The van der Waals surface area contributed by atoms with Crippen LogP contribution in [0.1, 0.15) is 27.6 Å². The van der Waals surface area contributed by atoms with E-state index in [4.69, 9.17) is 0 Å². The van der Waals surface area contributed by atoms with Crippen LogP contribution in [0.5, 0.6) is 0 Å². The van der Waals surface area contributed by atoms with Crippen molar-refractivity contribution >= 4 is 0 Å². The molecule has 1 N–H and O–H groups in total.